The minimum Gasteiger partial charge on any atom is -0.385 e. The standard InChI is InChI=1S/C10H10O2/c1-2-9(11)10(12)8-6-4-3-5-7-8/h1,3-7,9-12H. The molecule has 0 radical (unpaired) electrons. The Morgan fingerprint density at radius 2 is 1.75 bits per heavy atom. The highest BCUT2D eigenvalue weighted by Crippen LogP contribution is 2.15. The maximum absolute atomic E-state index is 9.40. The predicted molar refractivity (Wildman–Crippen MR) is 46.2 cm³/mol. The molecule has 0 aromatic heterocycles. The zero-order valence-electron chi connectivity index (χ0n) is 6.51. The van der Waals surface area contributed by atoms with Crippen molar-refractivity contribution in [1.82, 2.24) is 0 Å². The molecule has 0 aliphatic heterocycles. The van der Waals surface area contributed by atoms with Gasteiger partial charge in [-0.3, -0.25) is 0 Å². The summed E-state index contributed by atoms with van der Waals surface area (Å²) >= 11 is 0. The molecule has 0 amide bonds. The Morgan fingerprint density at radius 3 is 2.25 bits per heavy atom. The minimum absolute atomic E-state index is 0.628. The van der Waals surface area contributed by atoms with Crippen molar-refractivity contribution in [3.8, 4) is 12.3 Å². The van der Waals surface area contributed by atoms with Gasteiger partial charge in [-0.25, -0.2) is 0 Å². The summed E-state index contributed by atoms with van der Waals surface area (Å²) in [5.74, 6) is 2.07. The maximum atomic E-state index is 9.40. The van der Waals surface area contributed by atoms with E-state index >= 15 is 0 Å². The zero-order valence-corrected chi connectivity index (χ0v) is 6.51. The first kappa shape index (κ1) is 8.79. The van der Waals surface area contributed by atoms with Gasteiger partial charge in [-0.05, 0) is 5.56 Å². The molecule has 2 atom stereocenters. The van der Waals surface area contributed by atoms with Crippen molar-refractivity contribution in [3.63, 3.8) is 0 Å². The number of aliphatic hydroxyl groups excluding tert-OH is 2. The monoisotopic (exact) mass is 162 g/mol. The Labute approximate surface area is 71.5 Å². The van der Waals surface area contributed by atoms with Gasteiger partial charge in [-0.15, -0.1) is 6.42 Å². The molecular weight excluding hydrogens is 152 g/mol. The molecule has 0 bridgehead atoms. The number of hydrogen-bond donors (Lipinski definition) is 2. The van der Waals surface area contributed by atoms with Crippen molar-refractivity contribution in [2.75, 3.05) is 0 Å². The van der Waals surface area contributed by atoms with Crippen LogP contribution in [-0.2, 0) is 0 Å². The Kier molecular flexibility index (Phi) is 2.87. The number of rotatable bonds is 2. The van der Waals surface area contributed by atoms with E-state index in [-0.39, 0.29) is 0 Å². The van der Waals surface area contributed by atoms with Crippen LogP contribution < -0.4 is 0 Å². The molecule has 62 valence electrons. The molecular formula is C10H10O2. The van der Waals surface area contributed by atoms with Gasteiger partial charge in [0.1, 0.15) is 12.2 Å². The zero-order chi connectivity index (χ0) is 8.97. The van der Waals surface area contributed by atoms with E-state index in [0.29, 0.717) is 5.56 Å². The summed E-state index contributed by atoms with van der Waals surface area (Å²) in [7, 11) is 0. The van der Waals surface area contributed by atoms with Crippen LogP contribution in [-0.4, -0.2) is 16.3 Å². The lowest BCUT2D eigenvalue weighted by molar-refractivity contribution is 0.0541. The first-order chi connectivity index (χ1) is 5.75. The van der Waals surface area contributed by atoms with Crippen LogP contribution in [0.25, 0.3) is 0 Å². The largest absolute Gasteiger partial charge is 0.385 e. The van der Waals surface area contributed by atoms with Gasteiger partial charge in [0, 0.05) is 0 Å². The normalized spacial score (nSPS) is 14.8. The fraction of sp³-hybridized carbons (Fsp3) is 0.200. The lowest BCUT2D eigenvalue weighted by Crippen LogP contribution is -2.15. The molecule has 0 aliphatic rings. The van der Waals surface area contributed by atoms with E-state index in [0.717, 1.165) is 0 Å². The fourth-order valence-corrected chi connectivity index (χ4v) is 0.924. The summed E-state index contributed by atoms with van der Waals surface area (Å²) in [6, 6.07) is 8.82. The molecule has 2 N–H and O–H groups in total. The van der Waals surface area contributed by atoms with Crippen molar-refractivity contribution in [2.45, 2.75) is 12.2 Å². The van der Waals surface area contributed by atoms with Crippen LogP contribution in [0, 0.1) is 12.3 Å². The Hall–Kier alpha value is -1.30. The number of hydrogen-bond acceptors (Lipinski definition) is 2. The van der Waals surface area contributed by atoms with Crippen LogP contribution in [0.5, 0.6) is 0 Å². The average Bonchev–Trinajstić information content (AvgIpc) is 2.17. The van der Waals surface area contributed by atoms with Gasteiger partial charge in [0.05, 0.1) is 0 Å². The third kappa shape index (κ3) is 1.85. The molecule has 0 aliphatic carbocycles. The highest BCUT2D eigenvalue weighted by atomic mass is 16.3. The van der Waals surface area contributed by atoms with Gasteiger partial charge in [-0.2, -0.15) is 0 Å². The van der Waals surface area contributed by atoms with Gasteiger partial charge in [0.15, 0.2) is 0 Å². The number of aliphatic hydroxyl groups is 2. The SMILES string of the molecule is C#CC(O)C(O)c1ccccc1. The predicted octanol–water partition coefficient (Wildman–Crippen LogP) is 0.714. The Morgan fingerprint density at radius 1 is 1.17 bits per heavy atom. The van der Waals surface area contributed by atoms with Gasteiger partial charge in [-0.1, -0.05) is 36.3 Å². The van der Waals surface area contributed by atoms with Crippen LogP contribution in [0.4, 0.5) is 0 Å². The maximum Gasteiger partial charge on any atom is 0.144 e. The lowest BCUT2D eigenvalue weighted by Gasteiger charge is -2.12. The lowest BCUT2D eigenvalue weighted by atomic mass is 10.1. The van der Waals surface area contributed by atoms with Gasteiger partial charge < -0.3 is 10.2 Å². The molecule has 0 saturated heterocycles. The smallest absolute Gasteiger partial charge is 0.144 e. The van der Waals surface area contributed by atoms with Crippen molar-refractivity contribution in [2.24, 2.45) is 0 Å². The van der Waals surface area contributed by atoms with Crippen LogP contribution in [0.3, 0.4) is 0 Å². The van der Waals surface area contributed by atoms with E-state index < -0.39 is 12.2 Å². The van der Waals surface area contributed by atoms with Gasteiger partial charge in [0.25, 0.3) is 0 Å². The summed E-state index contributed by atoms with van der Waals surface area (Å²) in [5, 5.41) is 18.5. The molecule has 0 spiro atoms. The molecule has 1 aromatic carbocycles. The minimum atomic E-state index is -1.13. The summed E-state index contributed by atoms with van der Waals surface area (Å²) in [4.78, 5) is 0. The van der Waals surface area contributed by atoms with E-state index in [1.54, 1.807) is 24.3 Å². The van der Waals surface area contributed by atoms with E-state index in [4.69, 9.17) is 11.5 Å². The molecule has 0 heterocycles. The molecule has 12 heavy (non-hydrogen) atoms. The molecule has 1 rings (SSSR count). The molecule has 2 nitrogen and oxygen atoms in total. The summed E-state index contributed by atoms with van der Waals surface area (Å²) in [5.41, 5.74) is 0.628. The van der Waals surface area contributed by atoms with Crippen LogP contribution in [0.2, 0.25) is 0 Å². The van der Waals surface area contributed by atoms with Gasteiger partial charge in [0.2, 0.25) is 0 Å². The Bertz CT molecular complexity index is 274. The second-order valence-electron chi connectivity index (χ2n) is 2.47. The molecule has 2 heteroatoms. The molecule has 0 saturated carbocycles. The summed E-state index contributed by atoms with van der Waals surface area (Å²) in [6.07, 6.45) is 2.83. The highest BCUT2D eigenvalue weighted by Gasteiger charge is 2.14. The van der Waals surface area contributed by atoms with E-state index in [2.05, 4.69) is 5.92 Å². The topological polar surface area (TPSA) is 40.5 Å². The summed E-state index contributed by atoms with van der Waals surface area (Å²) < 4.78 is 0. The molecule has 1 aromatic rings. The van der Waals surface area contributed by atoms with Crippen molar-refractivity contribution < 1.29 is 10.2 Å². The van der Waals surface area contributed by atoms with Crippen molar-refractivity contribution >= 4 is 0 Å². The third-order valence-electron chi connectivity index (χ3n) is 1.61. The second-order valence-corrected chi connectivity index (χ2v) is 2.47. The first-order valence-electron chi connectivity index (χ1n) is 3.63. The van der Waals surface area contributed by atoms with E-state index in [1.165, 1.54) is 0 Å². The number of benzene rings is 1. The van der Waals surface area contributed by atoms with E-state index in [1.807, 2.05) is 6.07 Å². The highest BCUT2D eigenvalue weighted by molar-refractivity contribution is 5.20. The quantitative estimate of drug-likeness (QED) is 0.629. The van der Waals surface area contributed by atoms with Gasteiger partial charge >= 0.3 is 0 Å². The van der Waals surface area contributed by atoms with Crippen LogP contribution in [0.1, 0.15) is 11.7 Å². The molecule has 0 fully saturated rings. The second kappa shape index (κ2) is 3.91. The van der Waals surface area contributed by atoms with Crippen molar-refractivity contribution in [3.05, 3.63) is 35.9 Å². The molecule has 2 unspecified atom stereocenters. The average molecular weight is 162 g/mol. The fourth-order valence-electron chi connectivity index (χ4n) is 0.924. The van der Waals surface area contributed by atoms with E-state index in [9.17, 15) is 5.11 Å². The van der Waals surface area contributed by atoms with Crippen molar-refractivity contribution in [1.29, 1.82) is 0 Å². The first-order valence-corrected chi connectivity index (χ1v) is 3.63. The Balaban J connectivity index is 2.80. The summed E-state index contributed by atoms with van der Waals surface area (Å²) in [6.45, 7) is 0. The van der Waals surface area contributed by atoms with Crippen LogP contribution in [0.15, 0.2) is 30.3 Å². The van der Waals surface area contributed by atoms with Crippen LogP contribution >= 0.6 is 0 Å². The third-order valence-corrected chi connectivity index (χ3v) is 1.61. The number of terminal acetylenes is 1.